The first-order valence-corrected chi connectivity index (χ1v) is 10.4. The number of aromatic nitrogens is 2. The molecule has 0 amide bonds. The van der Waals surface area contributed by atoms with Crippen molar-refractivity contribution in [3.05, 3.63) is 39.7 Å². The first-order valence-electron chi connectivity index (χ1n) is 8.61. The zero-order chi connectivity index (χ0) is 15.9. The van der Waals surface area contributed by atoms with Crippen molar-refractivity contribution in [2.24, 2.45) is 0 Å². The molecule has 6 heteroatoms. The Balaban J connectivity index is 1.29. The van der Waals surface area contributed by atoms with Crippen LogP contribution in [0.3, 0.4) is 0 Å². The van der Waals surface area contributed by atoms with E-state index in [4.69, 9.17) is 0 Å². The third-order valence-corrected chi connectivity index (χ3v) is 7.26. The number of nitrogens with zero attached hydrogens (tertiary/aromatic N) is 4. The van der Waals surface area contributed by atoms with Gasteiger partial charge in [0.1, 0.15) is 12.1 Å². The zero-order valence-electron chi connectivity index (χ0n) is 13.5. The lowest BCUT2D eigenvalue weighted by molar-refractivity contribution is 0.154. The molecule has 4 nitrogen and oxygen atoms in total. The Hall–Kier alpha value is -1.50. The molecule has 2 aliphatic rings. The molecule has 0 spiro atoms. The number of hydrogen-bond acceptors (Lipinski definition) is 6. The molecule has 0 aromatic carbocycles. The Kier molecular flexibility index (Phi) is 3.76. The van der Waals surface area contributed by atoms with Gasteiger partial charge in [-0.1, -0.05) is 0 Å². The topological polar surface area (TPSA) is 32.3 Å². The van der Waals surface area contributed by atoms with Gasteiger partial charge in [0.15, 0.2) is 0 Å². The Morgan fingerprint density at radius 1 is 1.00 bits per heavy atom. The predicted molar refractivity (Wildman–Crippen MR) is 101 cm³/mol. The van der Waals surface area contributed by atoms with Gasteiger partial charge in [-0.15, -0.1) is 22.7 Å². The SMILES string of the molecule is c1nc(N2CCC(N3CCc4sccc4C3)CC2)c2sccc2n1. The van der Waals surface area contributed by atoms with Gasteiger partial charge in [0.25, 0.3) is 0 Å². The molecule has 0 bridgehead atoms. The monoisotopic (exact) mass is 356 g/mol. The van der Waals surface area contributed by atoms with Gasteiger partial charge < -0.3 is 4.90 Å². The standard InChI is InChI=1S/C18H20N4S2/c1-6-21(18-17-15(5-10-24-17)19-12-20-18)7-2-14(1)22-8-3-16-13(11-22)4-9-23-16/h4-5,9-10,12,14H,1-3,6-8,11H2. The van der Waals surface area contributed by atoms with Gasteiger partial charge in [-0.05, 0) is 47.7 Å². The van der Waals surface area contributed by atoms with E-state index in [9.17, 15) is 0 Å². The molecule has 1 saturated heterocycles. The first kappa shape index (κ1) is 14.8. The van der Waals surface area contributed by atoms with Crippen molar-refractivity contribution in [1.29, 1.82) is 0 Å². The van der Waals surface area contributed by atoms with Gasteiger partial charge in [-0.3, -0.25) is 4.90 Å². The van der Waals surface area contributed by atoms with Gasteiger partial charge in [0, 0.05) is 37.1 Å². The summed E-state index contributed by atoms with van der Waals surface area (Å²) in [6.45, 7) is 4.57. The molecule has 0 atom stereocenters. The number of anilines is 1. The minimum atomic E-state index is 0.718. The van der Waals surface area contributed by atoms with Crippen LogP contribution in [0.2, 0.25) is 0 Å². The van der Waals surface area contributed by atoms with Crippen LogP contribution in [0.25, 0.3) is 10.2 Å². The summed E-state index contributed by atoms with van der Waals surface area (Å²) in [6, 6.07) is 5.12. The minimum absolute atomic E-state index is 0.718. The molecule has 5 heterocycles. The quantitative estimate of drug-likeness (QED) is 0.699. The average Bonchev–Trinajstić information content (AvgIpc) is 3.30. The molecule has 24 heavy (non-hydrogen) atoms. The van der Waals surface area contributed by atoms with Crippen molar-refractivity contribution in [3.63, 3.8) is 0 Å². The predicted octanol–water partition coefficient (Wildman–Crippen LogP) is 3.78. The van der Waals surface area contributed by atoms with E-state index in [0.717, 1.165) is 37.0 Å². The van der Waals surface area contributed by atoms with Crippen molar-refractivity contribution in [1.82, 2.24) is 14.9 Å². The second-order valence-electron chi connectivity index (χ2n) is 6.64. The Morgan fingerprint density at radius 3 is 2.79 bits per heavy atom. The fraction of sp³-hybridized carbons (Fsp3) is 0.444. The third kappa shape index (κ3) is 2.53. The van der Waals surface area contributed by atoms with Crippen LogP contribution in [-0.2, 0) is 13.0 Å². The maximum absolute atomic E-state index is 4.58. The summed E-state index contributed by atoms with van der Waals surface area (Å²) in [4.78, 5) is 15.7. The van der Waals surface area contributed by atoms with Crippen molar-refractivity contribution in [2.75, 3.05) is 24.5 Å². The van der Waals surface area contributed by atoms with Crippen LogP contribution in [0.1, 0.15) is 23.3 Å². The van der Waals surface area contributed by atoms with E-state index in [0.29, 0.717) is 0 Å². The fourth-order valence-electron chi connectivity index (χ4n) is 4.03. The van der Waals surface area contributed by atoms with Crippen molar-refractivity contribution in [3.8, 4) is 0 Å². The van der Waals surface area contributed by atoms with E-state index in [-0.39, 0.29) is 0 Å². The van der Waals surface area contributed by atoms with Crippen LogP contribution in [0.5, 0.6) is 0 Å². The Labute approximate surface area is 149 Å². The van der Waals surface area contributed by atoms with Gasteiger partial charge in [0.2, 0.25) is 0 Å². The Bertz CT molecular complexity index is 847. The third-order valence-electron chi connectivity index (χ3n) is 5.34. The summed E-state index contributed by atoms with van der Waals surface area (Å²) >= 11 is 3.68. The average molecular weight is 357 g/mol. The number of piperidine rings is 1. The lowest BCUT2D eigenvalue weighted by Crippen LogP contribution is -2.46. The highest BCUT2D eigenvalue weighted by atomic mass is 32.1. The zero-order valence-corrected chi connectivity index (χ0v) is 15.2. The smallest absolute Gasteiger partial charge is 0.150 e. The number of rotatable bonds is 2. The Morgan fingerprint density at radius 2 is 1.88 bits per heavy atom. The summed E-state index contributed by atoms with van der Waals surface area (Å²) in [6.07, 6.45) is 5.40. The van der Waals surface area contributed by atoms with Crippen LogP contribution >= 0.6 is 22.7 Å². The lowest BCUT2D eigenvalue weighted by Gasteiger charge is -2.40. The highest BCUT2D eigenvalue weighted by molar-refractivity contribution is 7.17. The summed E-state index contributed by atoms with van der Waals surface area (Å²) in [5, 5.41) is 4.36. The van der Waals surface area contributed by atoms with Crippen LogP contribution in [-0.4, -0.2) is 40.5 Å². The van der Waals surface area contributed by atoms with E-state index in [2.05, 4.69) is 42.7 Å². The molecule has 1 fully saturated rings. The molecule has 3 aromatic heterocycles. The maximum Gasteiger partial charge on any atom is 0.150 e. The normalized spacial score (nSPS) is 19.8. The molecule has 0 aliphatic carbocycles. The second-order valence-corrected chi connectivity index (χ2v) is 8.56. The summed E-state index contributed by atoms with van der Waals surface area (Å²) < 4.78 is 1.23. The van der Waals surface area contributed by atoms with Gasteiger partial charge in [-0.25, -0.2) is 9.97 Å². The van der Waals surface area contributed by atoms with Crippen molar-refractivity contribution in [2.45, 2.75) is 31.8 Å². The molecule has 0 saturated carbocycles. The van der Waals surface area contributed by atoms with Crippen LogP contribution in [0, 0.1) is 0 Å². The van der Waals surface area contributed by atoms with Crippen LogP contribution < -0.4 is 4.90 Å². The van der Waals surface area contributed by atoms with E-state index in [1.54, 1.807) is 28.1 Å². The highest BCUT2D eigenvalue weighted by Crippen LogP contribution is 2.32. The summed E-state index contributed by atoms with van der Waals surface area (Å²) in [7, 11) is 0. The largest absolute Gasteiger partial charge is 0.355 e. The number of thiophene rings is 2. The second kappa shape index (κ2) is 6.10. The van der Waals surface area contributed by atoms with E-state index in [1.165, 1.54) is 30.5 Å². The molecule has 0 unspecified atom stereocenters. The summed E-state index contributed by atoms with van der Waals surface area (Å²) in [5.41, 5.74) is 2.64. The van der Waals surface area contributed by atoms with Gasteiger partial charge in [-0.2, -0.15) is 0 Å². The maximum atomic E-state index is 4.58. The molecule has 0 N–H and O–H groups in total. The van der Waals surface area contributed by atoms with E-state index in [1.807, 2.05) is 11.3 Å². The summed E-state index contributed by atoms with van der Waals surface area (Å²) in [5.74, 6) is 1.13. The van der Waals surface area contributed by atoms with Gasteiger partial charge >= 0.3 is 0 Å². The minimum Gasteiger partial charge on any atom is -0.355 e. The number of hydrogen-bond donors (Lipinski definition) is 0. The lowest BCUT2D eigenvalue weighted by atomic mass is 9.99. The van der Waals surface area contributed by atoms with E-state index < -0.39 is 0 Å². The molecule has 0 radical (unpaired) electrons. The molecule has 2 aliphatic heterocycles. The fourth-order valence-corrected chi connectivity index (χ4v) is 5.78. The van der Waals surface area contributed by atoms with Crippen LogP contribution in [0.15, 0.2) is 29.2 Å². The van der Waals surface area contributed by atoms with Crippen molar-refractivity contribution >= 4 is 38.7 Å². The molecule has 3 aromatic rings. The van der Waals surface area contributed by atoms with Crippen molar-refractivity contribution < 1.29 is 0 Å². The molecular formula is C18H20N4S2. The van der Waals surface area contributed by atoms with Crippen LogP contribution in [0.4, 0.5) is 5.82 Å². The van der Waals surface area contributed by atoms with Gasteiger partial charge in [0.05, 0.1) is 10.2 Å². The first-order chi connectivity index (χ1) is 11.9. The highest BCUT2D eigenvalue weighted by Gasteiger charge is 2.28. The molecule has 124 valence electrons. The number of fused-ring (bicyclic) bond motifs is 2. The molecule has 5 rings (SSSR count). The molecular weight excluding hydrogens is 336 g/mol. The van der Waals surface area contributed by atoms with E-state index >= 15 is 0 Å².